The second kappa shape index (κ2) is 9.06. The lowest BCUT2D eigenvalue weighted by molar-refractivity contribution is 0.0927. The van der Waals surface area contributed by atoms with Crippen molar-refractivity contribution in [2.24, 2.45) is 0 Å². The molecule has 1 aliphatic heterocycles. The summed E-state index contributed by atoms with van der Waals surface area (Å²) in [6.07, 6.45) is 7.95. The summed E-state index contributed by atoms with van der Waals surface area (Å²) in [7, 11) is 0. The predicted molar refractivity (Wildman–Crippen MR) is 103 cm³/mol. The molecule has 1 saturated heterocycles. The summed E-state index contributed by atoms with van der Waals surface area (Å²) in [6.45, 7) is 4.12. The maximum atomic E-state index is 12.6. The van der Waals surface area contributed by atoms with Crippen molar-refractivity contribution in [1.29, 1.82) is 0 Å². The molecule has 1 aromatic carbocycles. The van der Waals surface area contributed by atoms with Crippen LogP contribution in [0, 0.1) is 0 Å². The monoisotopic (exact) mass is 357 g/mol. The number of rotatable bonds is 4. The second-order valence-electron chi connectivity index (χ2n) is 7.55. The molecule has 0 bridgehead atoms. The zero-order chi connectivity index (χ0) is 18.4. The molecule has 1 aliphatic carbocycles. The molecule has 0 aromatic heterocycles. The molecule has 0 radical (unpaired) electrons. The molecule has 0 unspecified atom stereocenters. The molecule has 1 heterocycles. The molecule has 2 fully saturated rings. The summed E-state index contributed by atoms with van der Waals surface area (Å²) in [5, 5.41) is 6.08. The van der Waals surface area contributed by atoms with Gasteiger partial charge in [-0.25, -0.2) is 4.79 Å². The summed E-state index contributed by atoms with van der Waals surface area (Å²) < 4.78 is 0. The lowest BCUT2D eigenvalue weighted by atomic mass is 9.89. The Bertz CT molecular complexity index is 625. The number of amides is 3. The largest absolute Gasteiger partial charge is 0.349 e. The number of piperidine rings is 1. The number of likely N-dealkylation sites (tertiary alicyclic amines) is 1. The molecule has 2 N–H and O–H groups in total. The third kappa shape index (κ3) is 4.77. The van der Waals surface area contributed by atoms with Gasteiger partial charge in [-0.15, -0.1) is 0 Å². The Morgan fingerprint density at radius 2 is 1.92 bits per heavy atom. The van der Waals surface area contributed by atoms with E-state index >= 15 is 0 Å². The van der Waals surface area contributed by atoms with E-state index in [0.29, 0.717) is 18.5 Å². The quantitative estimate of drug-likeness (QED) is 0.864. The first-order valence-corrected chi connectivity index (χ1v) is 10.1. The first-order chi connectivity index (χ1) is 12.7. The van der Waals surface area contributed by atoms with Crippen molar-refractivity contribution in [3.63, 3.8) is 0 Å². The van der Waals surface area contributed by atoms with E-state index in [2.05, 4.69) is 16.7 Å². The first-order valence-electron chi connectivity index (χ1n) is 10.1. The van der Waals surface area contributed by atoms with E-state index in [-0.39, 0.29) is 11.9 Å². The van der Waals surface area contributed by atoms with Gasteiger partial charge >= 0.3 is 6.03 Å². The van der Waals surface area contributed by atoms with Crippen molar-refractivity contribution in [3.8, 4) is 0 Å². The first kappa shape index (κ1) is 18.7. The molecule has 5 nitrogen and oxygen atoms in total. The Morgan fingerprint density at radius 3 is 2.69 bits per heavy atom. The van der Waals surface area contributed by atoms with E-state index in [1.54, 1.807) is 0 Å². The topological polar surface area (TPSA) is 61.4 Å². The summed E-state index contributed by atoms with van der Waals surface area (Å²) in [6, 6.07) is 8.31. The highest BCUT2D eigenvalue weighted by Crippen LogP contribution is 2.27. The zero-order valence-corrected chi connectivity index (χ0v) is 15.8. The second-order valence-corrected chi connectivity index (χ2v) is 7.55. The zero-order valence-electron chi connectivity index (χ0n) is 15.8. The Kier molecular flexibility index (Phi) is 6.53. The smallest absolute Gasteiger partial charge is 0.317 e. The lowest BCUT2D eigenvalue weighted by Gasteiger charge is -2.33. The van der Waals surface area contributed by atoms with Crippen LogP contribution in [0.25, 0.3) is 0 Å². The molecule has 142 valence electrons. The third-order valence-corrected chi connectivity index (χ3v) is 5.60. The number of nitrogens with one attached hydrogen (secondary N) is 2. The fraction of sp³-hybridized carbons (Fsp3) is 0.619. The number of urea groups is 1. The average Bonchev–Trinajstić information content (AvgIpc) is 2.69. The van der Waals surface area contributed by atoms with Gasteiger partial charge < -0.3 is 15.5 Å². The standard InChI is InChI=1S/C21H31N3O2/c1-2-22-21(26)24-13-7-10-18(15-24)16-8-6-9-17(14-16)20(25)23-19-11-4-3-5-12-19/h6,8-9,14,18-19H,2-5,7,10-13,15H2,1H3,(H,22,26)(H,23,25)/t18-/m1/s1. The van der Waals surface area contributed by atoms with Crippen molar-refractivity contribution in [2.75, 3.05) is 19.6 Å². The molecule has 1 saturated carbocycles. The SMILES string of the molecule is CCNC(=O)N1CCC[C@@H](c2cccc(C(=O)NC3CCCCC3)c2)C1. The van der Waals surface area contributed by atoms with Crippen molar-refractivity contribution >= 4 is 11.9 Å². The van der Waals surface area contributed by atoms with Crippen molar-refractivity contribution in [3.05, 3.63) is 35.4 Å². The van der Waals surface area contributed by atoms with Gasteiger partial charge in [-0.3, -0.25) is 4.79 Å². The van der Waals surface area contributed by atoms with Gasteiger partial charge in [0.2, 0.25) is 0 Å². The minimum atomic E-state index is 0.0170. The van der Waals surface area contributed by atoms with Gasteiger partial charge in [0.05, 0.1) is 0 Å². The Hall–Kier alpha value is -2.04. The molecule has 1 atom stereocenters. The van der Waals surface area contributed by atoms with Crippen molar-refractivity contribution in [1.82, 2.24) is 15.5 Å². The molecular formula is C21H31N3O2. The molecule has 26 heavy (non-hydrogen) atoms. The van der Waals surface area contributed by atoms with Gasteiger partial charge in [-0.2, -0.15) is 0 Å². The number of hydrogen-bond acceptors (Lipinski definition) is 2. The lowest BCUT2D eigenvalue weighted by Crippen LogP contribution is -2.44. The molecule has 1 aromatic rings. The van der Waals surface area contributed by atoms with Crippen LogP contribution in [-0.4, -0.2) is 42.5 Å². The molecule has 3 amide bonds. The van der Waals surface area contributed by atoms with E-state index < -0.39 is 0 Å². The minimum absolute atomic E-state index is 0.0170. The van der Waals surface area contributed by atoms with Crippen LogP contribution in [0.5, 0.6) is 0 Å². The van der Waals surface area contributed by atoms with Gasteiger partial charge in [0.25, 0.3) is 5.91 Å². The summed E-state index contributed by atoms with van der Waals surface area (Å²) in [4.78, 5) is 26.6. The van der Waals surface area contributed by atoms with Crippen LogP contribution in [-0.2, 0) is 0 Å². The molecule has 2 aliphatic rings. The fourth-order valence-electron chi connectivity index (χ4n) is 4.15. The highest BCUT2D eigenvalue weighted by Gasteiger charge is 2.25. The highest BCUT2D eigenvalue weighted by atomic mass is 16.2. The summed E-state index contributed by atoms with van der Waals surface area (Å²) in [5.74, 6) is 0.337. The van der Waals surface area contributed by atoms with Gasteiger partial charge in [0.15, 0.2) is 0 Å². The maximum absolute atomic E-state index is 12.6. The van der Waals surface area contributed by atoms with Crippen LogP contribution < -0.4 is 10.6 Å². The minimum Gasteiger partial charge on any atom is -0.349 e. The summed E-state index contributed by atoms with van der Waals surface area (Å²) in [5.41, 5.74) is 1.90. The third-order valence-electron chi connectivity index (χ3n) is 5.60. The van der Waals surface area contributed by atoms with E-state index in [0.717, 1.165) is 49.9 Å². The van der Waals surface area contributed by atoms with Gasteiger partial charge in [-0.05, 0) is 50.3 Å². The van der Waals surface area contributed by atoms with Crippen molar-refractivity contribution in [2.45, 2.75) is 63.8 Å². The van der Waals surface area contributed by atoms with Crippen LogP contribution >= 0.6 is 0 Å². The number of benzene rings is 1. The van der Waals surface area contributed by atoms with E-state index in [4.69, 9.17) is 0 Å². The van der Waals surface area contributed by atoms with Crippen LogP contribution in [0.1, 0.15) is 73.7 Å². The summed E-state index contributed by atoms with van der Waals surface area (Å²) >= 11 is 0. The molecule has 0 spiro atoms. The number of hydrogen-bond donors (Lipinski definition) is 2. The van der Waals surface area contributed by atoms with Gasteiger partial charge in [-0.1, -0.05) is 31.4 Å². The number of nitrogens with zero attached hydrogens (tertiary/aromatic N) is 1. The van der Waals surface area contributed by atoms with Crippen LogP contribution in [0.4, 0.5) is 4.79 Å². The maximum Gasteiger partial charge on any atom is 0.317 e. The van der Waals surface area contributed by atoms with Crippen molar-refractivity contribution < 1.29 is 9.59 Å². The number of carbonyl (C=O) groups is 2. The van der Waals surface area contributed by atoms with Crippen LogP contribution in [0.3, 0.4) is 0 Å². The number of carbonyl (C=O) groups excluding carboxylic acids is 2. The Balaban J connectivity index is 1.64. The molecule has 5 heteroatoms. The predicted octanol–water partition coefficient (Wildman–Crippen LogP) is 3.66. The average molecular weight is 357 g/mol. The van der Waals surface area contributed by atoms with Crippen LogP contribution in [0.15, 0.2) is 24.3 Å². The van der Waals surface area contributed by atoms with E-state index in [1.165, 1.54) is 19.3 Å². The van der Waals surface area contributed by atoms with Gasteiger partial charge in [0, 0.05) is 37.2 Å². The fourth-order valence-corrected chi connectivity index (χ4v) is 4.15. The molecular weight excluding hydrogens is 326 g/mol. The Labute approximate surface area is 156 Å². The van der Waals surface area contributed by atoms with E-state index in [9.17, 15) is 9.59 Å². The molecule has 3 rings (SSSR count). The van der Waals surface area contributed by atoms with Gasteiger partial charge in [0.1, 0.15) is 0 Å². The van der Waals surface area contributed by atoms with E-state index in [1.807, 2.05) is 30.0 Å². The normalized spacial score (nSPS) is 21.3. The van der Waals surface area contributed by atoms with Crippen LogP contribution in [0.2, 0.25) is 0 Å². The Morgan fingerprint density at radius 1 is 1.12 bits per heavy atom. The highest BCUT2D eigenvalue weighted by molar-refractivity contribution is 5.94.